The van der Waals surface area contributed by atoms with E-state index in [4.69, 9.17) is 9.47 Å². The van der Waals surface area contributed by atoms with Crippen molar-refractivity contribution in [2.75, 3.05) is 13.7 Å². The van der Waals surface area contributed by atoms with Crippen molar-refractivity contribution in [3.8, 4) is 11.5 Å². The van der Waals surface area contributed by atoms with Crippen LogP contribution < -0.4 is 14.8 Å². The van der Waals surface area contributed by atoms with Crippen LogP contribution in [-0.4, -0.2) is 42.5 Å². The molecule has 1 heterocycles. The number of benzene rings is 1. The summed E-state index contributed by atoms with van der Waals surface area (Å²) in [6.45, 7) is 4.39. The van der Waals surface area contributed by atoms with E-state index >= 15 is 0 Å². The Balaban J connectivity index is 1.47. The van der Waals surface area contributed by atoms with Crippen molar-refractivity contribution < 1.29 is 23.9 Å². The summed E-state index contributed by atoms with van der Waals surface area (Å²) in [6, 6.07) is 2.73. The van der Waals surface area contributed by atoms with E-state index in [1.807, 2.05) is 19.9 Å². The standard InChI is InChI=1S/C26H31IN2O5/c1-4-34-22-20(27)9-15(10-21(22)33-3)8-19-23(30)28-25(32)29(24(19)31)14(2)26-11-16-5-17(12-26)7-18(6-16)13-26/h8-10,14,16-18H,4-7,11-13H2,1-3H3,(H,28,30,32). The van der Waals surface area contributed by atoms with Crippen molar-refractivity contribution >= 4 is 46.5 Å². The molecular formula is C26H31IN2O5. The van der Waals surface area contributed by atoms with Gasteiger partial charge in [0, 0.05) is 6.04 Å². The zero-order chi connectivity index (χ0) is 24.2. The molecular weight excluding hydrogens is 547 g/mol. The van der Waals surface area contributed by atoms with Crippen LogP contribution in [0.25, 0.3) is 6.08 Å². The van der Waals surface area contributed by atoms with Crippen LogP contribution in [0.2, 0.25) is 0 Å². The third-order valence-electron chi connectivity index (χ3n) is 8.34. The SMILES string of the molecule is CCOc1c(I)cc(C=C2C(=O)NC(=O)N(C(C)C34CC5CC(CC(C5)C3)C4)C2=O)cc1OC. The minimum atomic E-state index is -0.660. The number of methoxy groups -OCH3 is 1. The third-order valence-corrected chi connectivity index (χ3v) is 9.14. The van der Waals surface area contributed by atoms with Crippen LogP contribution in [0.15, 0.2) is 17.7 Å². The van der Waals surface area contributed by atoms with Gasteiger partial charge in [0.1, 0.15) is 5.57 Å². The second-order valence-corrected chi connectivity index (χ2v) is 11.6. The predicted molar refractivity (Wildman–Crippen MR) is 135 cm³/mol. The van der Waals surface area contributed by atoms with Crippen LogP contribution in [0.1, 0.15) is 57.9 Å². The molecule has 1 atom stereocenters. The van der Waals surface area contributed by atoms with Gasteiger partial charge in [-0.05, 0) is 122 Å². The number of nitrogens with one attached hydrogen (secondary N) is 1. The minimum Gasteiger partial charge on any atom is -0.493 e. The summed E-state index contributed by atoms with van der Waals surface area (Å²) < 4.78 is 11.9. The summed E-state index contributed by atoms with van der Waals surface area (Å²) >= 11 is 2.15. The van der Waals surface area contributed by atoms with E-state index < -0.39 is 17.8 Å². The highest BCUT2D eigenvalue weighted by Crippen LogP contribution is 2.62. The number of carbonyl (C=O) groups is 3. The molecule has 1 aliphatic heterocycles. The molecule has 0 spiro atoms. The largest absolute Gasteiger partial charge is 0.493 e. The topological polar surface area (TPSA) is 84.9 Å². The second-order valence-electron chi connectivity index (χ2n) is 10.4. The molecule has 4 saturated carbocycles. The number of hydrogen-bond donors (Lipinski definition) is 1. The smallest absolute Gasteiger partial charge is 0.331 e. The lowest BCUT2D eigenvalue weighted by Gasteiger charge is -2.60. The normalized spacial score (nSPS) is 32.2. The number of hydrogen-bond acceptors (Lipinski definition) is 5. The number of ether oxygens (including phenoxy) is 2. The van der Waals surface area contributed by atoms with Crippen LogP contribution in [0.5, 0.6) is 11.5 Å². The van der Waals surface area contributed by atoms with Gasteiger partial charge in [-0.3, -0.25) is 19.8 Å². The first-order chi connectivity index (χ1) is 16.2. The number of barbiturate groups is 1. The monoisotopic (exact) mass is 578 g/mol. The molecule has 1 saturated heterocycles. The number of imide groups is 2. The van der Waals surface area contributed by atoms with Gasteiger partial charge in [0.2, 0.25) is 0 Å². The third kappa shape index (κ3) is 3.91. The zero-order valence-corrected chi connectivity index (χ0v) is 22.0. The fraction of sp³-hybridized carbons (Fsp3) is 0.577. The number of rotatable bonds is 6. The Morgan fingerprint density at radius 2 is 1.76 bits per heavy atom. The Kier molecular flexibility index (Phi) is 6.14. The molecule has 0 radical (unpaired) electrons. The molecule has 1 aromatic carbocycles. The van der Waals surface area contributed by atoms with Crippen LogP contribution in [0.3, 0.4) is 0 Å². The van der Waals surface area contributed by atoms with Crippen LogP contribution >= 0.6 is 22.6 Å². The Hall–Kier alpha value is -2.10. The number of amides is 4. The molecule has 34 heavy (non-hydrogen) atoms. The maximum atomic E-state index is 13.6. The lowest BCUT2D eigenvalue weighted by Crippen LogP contribution is -2.63. The van der Waals surface area contributed by atoms with Crippen molar-refractivity contribution in [2.45, 2.75) is 58.4 Å². The van der Waals surface area contributed by atoms with Gasteiger partial charge in [0.25, 0.3) is 11.8 Å². The lowest BCUT2D eigenvalue weighted by molar-refractivity contribution is -0.139. The van der Waals surface area contributed by atoms with Gasteiger partial charge in [0.15, 0.2) is 11.5 Å². The van der Waals surface area contributed by atoms with Gasteiger partial charge < -0.3 is 9.47 Å². The van der Waals surface area contributed by atoms with E-state index in [2.05, 4.69) is 27.9 Å². The molecule has 1 aromatic rings. The summed E-state index contributed by atoms with van der Waals surface area (Å²) in [4.78, 5) is 40.6. The van der Waals surface area contributed by atoms with Crippen molar-refractivity contribution in [1.82, 2.24) is 10.2 Å². The quantitative estimate of drug-likeness (QED) is 0.299. The molecule has 1 N–H and O–H groups in total. The Morgan fingerprint density at radius 1 is 1.15 bits per heavy atom. The minimum absolute atomic E-state index is 0.0295. The summed E-state index contributed by atoms with van der Waals surface area (Å²) in [6.07, 6.45) is 8.61. The molecule has 7 nitrogen and oxygen atoms in total. The van der Waals surface area contributed by atoms with E-state index in [9.17, 15) is 14.4 Å². The van der Waals surface area contributed by atoms with Crippen molar-refractivity contribution in [3.05, 3.63) is 26.8 Å². The zero-order valence-electron chi connectivity index (χ0n) is 19.9. The summed E-state index contributed by atoms with van der Waals surface area (Å²) in [7, 11) is 1.55. The first kappa shape index (κ1) is 23.6. The number of nitrogens with zero attached hydrogens (tertiary/aromatic N) is 1. The van der Waals surface area contributed by atoms with Crippen LogP contribution in [0.4, 0.5) is 4.79 Å². The summed E-state index contributed by atoms with van der Waals surface area (Å²) in [5, 5.41) is 2.42. The molecule has 5 fully saturated rings. The van der Waals surface area contributed by atoms with Gasteiger partial charge >= 0.3 is 6.03 Å². The molecule has 1 unspecified atom stereocenters. The maximum absolute atomic E-state index is 13.6. The second kappa shape index (κ2) is 8.84. The molecule has 4 aliphatic carbocycles. The first-order valence-corrected chi connectivity index (χ1v) is 13.2. The van der Waals surface area contributed by atoms with E-state index in [1.54, 1.807) is 19.3 Å². The number of urea groups is 1. The fourth-order valence-corrected chi connectivity index (χ4v) is 8.04. The van der Waals surface area contributed by atoms with Gasteiger partial charge in [-0.2, -0.15) is 0 Å². The van der Waals surface area contributed by atoms with Crippen LogP contribution in [-0.2, 0) is 9.59 Å². The van der Waals surface area contributed by atoms with E-state index in [-0.39, 0.29) is 17.0 Å². The maximum Gasteiger partial charge on any atom is 0.331 e. The van der Waals surface area contributed by atoms with Crippen molar-refractivity contribution in [3.63, 3.8) is 0 Å². The molecule has 182 valence electrons. The first-order valence-electron chi connectivity index (χ1n) is 12.2. The Labute approximate surface area is 213 Å². The van der Waals surface area contributed by atoms with Crippen LogP contribution in [0, 0.1) is 26.7 Å². The lowest BCUT2D eigenvalue weighted by atomic mass is 9.47. The molecule has 5 aliphatic rings. The predicted octanol–water partition coefficient (Wildman–Crippen LogP) is 4.77. The Morgan fingerprint density at radius 3 is 2.32 bits per heavy atom. The average Bonchev–Trinajstić information content (AvgIpc) is 2.77. The van der Waals surface area contributed by atoms with Crippen molar-refractivity contribution in [1.29, 1.82) is 0 Å². The molecule has 4 bridgehead atoms. The van der Waals surface area contributed by atoms with Gasteiger partial charge in [-0.1, -0.05) is 0 Å². The summed E-state index contributed by atoms with van der Waals surface area (Å²) in [5.74, 6) is 2.08. The van der Waals surface area contributed by atoms with Crippen molar-refractivity contribution in [2.24, 2.45) is 23.2 Å². The molecule has 4 amide bonds. The van der Waals surface area contributed by atoms with E-state index in [0.29, 0.717) is 41.4 Å². The van der Waals surface area contributed by atoms with Gasteiger partial charge in [-0.25, -0.2) is 4.79 Å². The highest BCUT2D eigenvalue weighted by molar-refractivity contribution is 14.1. The van der Waals surface area contributed by atoms with Gasteiger partial charge in [-0.15, -0.1) is 0 Å². The Bertz CT molecular complexity index is 1050. The highest BCUT2D eigenvalue weighted by atomic mass is 127. The number of halogens is 1. The molecule has 8 heteroatoms. The van der Waals surface area contributed by atoms with E-state index in [1.165, 1.54) is 24.2 Å². The van der Waals surface area contributed by atoms with E-state index in [0.717, 1.165) is 22.8 Å². The fourth-order valence-electron chi connectivity index (χ4n) is 7.26. The highest BCUT2D eigenvalue weighted by Gasteiger charge is 2.56. The number of carbonyl (C=O) groups excluding carboxylic acids is 3. The van der Waals surface area contributed by atoms with Gasteiger partial charge in [0.05, 0.1) is 17.3 Å². The molecule has 0 aromatic heterocycles. The molecule has 6 rings (SSSR count). The summed E-state index contributed by atoms with van der Waals surface area (Å²) in [5.41, 5.74) is 0.573. The average molecular weight is 578 g/mol.